The zero-order chi connectivity index (χ0) is 13.4. The standard InChI is InChI=1S/C15H22ClFO/c1-12(2)11-18-7-6-14(10-16)8-13-4-3-5-15(17)9-13/h3-5,9,12,14H,6-8,10-11H2,1-2H3. The molecule has 0 bridgehead atoms. The second kappa shape index (κ2) is 8.49. The Hall–Kier alpha value is -0.600. The lowest BCUT2D eigenvalue weighted by Crippen LogP contribution is -2.12. The first-order chi connectivity index (χ1) is 8.61. The summed E-state index contributed by atoms with van der Waals surface area (Å²) in [5, 5.41) is 0. The quantitative estimate of drug-likeness (QED) is 0.507. The number of alkyl halides is 1. The summed E-state index contributed by atoms with van der Waals surface area (Å²) in [7, 11) is 0. The molecule has 1 aromatic rings. The van der Waals surface area contributed by atoms with Crippen LogP contribution in [-0.2, 0) is 11.2 Å². The molecule has 1 nitrogen and oxygen atoms in total. The summed E-state index contributed by atoms with van der Waals surface area (Å²) in [5.41, 5.74) is 1.00. The van der Waals surface area contributed by atoms with Crippen molar-refractivity contribution >= 4 is 11.6 Å². The second-order valence-corrected chi connectivity index (χ2v) is 5.42. The van der Waals surface area contributed by atoms with Gasteiger partial charge in [-0.2, -0.15) is 0 Å². The van der Waals surface area contributed by atoms with E-state index in [2.05, 4.69) is 13.8 Å². The van der Waals surface area contributed by atoms with Crippen LogP contribution in [0.3, 0.4) is 0 Å². The SMILES string of the molecule is CC(C)COCCC(CCl)Cc1cccc(F)c1. The molecule has 0 aromatic heterocycles. The van der Waals surface area contributed by atoms with Crippen LogP contribution in [0.2, 0.25) is 0 Å². The largest absolute Gasteiger partial charge is 0.381 e. The molecule has 0 N–H and O–H groups in total. The molecule has 1 rings (SSSR count). The maximum Gasteiger partial charge on any atom is 0.123 e. The predicted octanol–water partition coefficient (Wildman–Crippen LogP) is 4.29. The Balaban J connectivity index is 2.33. The Morgan fingerprint density at radius 3 is 2.72 bits per heavy atom. The van der Waals surface area contributed by atoms with Gasteiger partial charge in [0.25, 0.3) is 0 Å². The topological polar surface area (TPSA) is 9.23 Å². The molecule has 0 fully saturated rings. The molecule has 1 unspecified atom stereocenters. The molecule has 1 atom stereocenters. The van der Waals surface area contributed by atoms with E-state index in [0.29, 0.717) is 17.7 Å². The molecule has 3 heteroatoms. The Bertz CT molecular complexity index is 341. The summed E-state index contributed by atoms with van der Waals surface area (Å²) in [6, 6.07) is 6.72. The van der Waals surface area contributed by atoms with E-state index in [1.54, 1.807) is 12.1 Å². The number of hydrogen-bond acceptors (Lipinski definition) is 1. The molecule has 0 saturated carbocycles. The van der Waals surface area contributed by atoms with Crippen LogP contribution in [0.15, 0.2) is 24.3 Å². The number of hydrogen-bond donors (Lipinski definition) is 0. The molecule has 0 amide bonds. The molecular formula is C15H22ClFO. The van der Waals surface area contributed by atoms with Crippen LogP contribution in [0.25, 0.3) is 0 Å². The van der Waals surface area contributed by atoms with Gasteiger partial charge in [0.05, 0.1) is 0 Å². The minimum Gasteiger partial charge on any atom is -0.381 e. The van der Waals surface area contributed by atoms with Gasteiger partial charge in [0.15, 0.2) is 0 Å². The van der Waals surface area contributed by atoms with Crippen molar-refractivity contribution in [2.75, 3.05) is 19.1 Å². The van der Waals surface area contributed by atoms with Crippen molar-refractivity contribution in [3.05, 3.63) is 35.6 Å². The van der Waals surface area contributed by atoms with Crippen LogP contribution >= 0.6 is 11.6 Å². The van der Waals surface area contributed by atoms with Crippen LogP contribution in [0, 0.1) is 17.7 Å². The second-order valence-electron chi connectivity index (χ2n) is 5.11. The van der Waals surface area contributed by atoms with Crippen LogP contribution in [-0.4, -0.2) is 19.1 Å². The summed E-state index contributed by atoms with van der Waals surface area (Å²) in [6.45, 7) is 5.78. The van der Waals surface area contributed by atoms with E-state index in [1.807, 2.05) is 6.07 Å². The summed E-state index contributed by atoms with van der Waals surface area (Å²) in [4.78, 5) is 0. The highest BCUT2D eigenvalue weighted by Crippen LogP contribution is 2.15. The van der Waals surface area contributed by atoms with Gasteiger partial charge in [-0.15, -0.1) is 11.6 Å². The third-order valence-electron chi connectivity index (χ3n) is 2.75. The lowest BCUT2D eigenvalue weighted by atomic mass is 9.98. The van der Waals surface area contributed by atoms with Gasteiger partial charge in [-0.05, 0) is 42.4 Å². The lowest BCUT2D eigenvalue weighted by molar-refractivity contribution is 0.0996. The monoisotopic (exact) mass is 272 g/mol. The number of benzene rings is 1. The van der Waals surface area contributed by atoms with Crippen molar-refractivity contribution in [2.24, 2.45) is 11.8 Å². The van der Waals surface area contributed by atoms with Gasteiger partial charge in [0.1, 0.15) is 5.82 Å². The van der Waals surface area contributed by atoms with E-state index >= 15 is 0 Å². The fourth-order valence-corrected chi connectivity index (χ4v) is 2.06. The first-order valence-electron chi connectivity index (χ1n) is 6.50. The van der Waals surface area contributed by atoms with Crippen molar-refractivity contribution in [1.29, 1.82) is 0 Å². The molecule has 0 aliphatic rings. The number of halogens is 2. The van der Waals surface area contributed by atoms with E-state index in [0.717, 1.165) is 31.6 Å². The maximum atomic E-state index is 13.1. The first kappa shape index (κ1) is 15.5. The van der Waals surface area contributed by atoms with E-state index in [-0.39, 0.29) is 5.82 Å². The molecule has 0 spiro atoms. The Morgan fingerprint density at radius 1 is 1.33 bits per heavy atom. The van der Waals surface area contributed by atoms with Crippen molar-refractivity contribution < 1.29 is 9.13 Å². The van der Waals surface area contributed by atoms with E-state index in [1.165, 1.54) is 6.07 Å². The van der Waals surface area contributed by atoms with Crippen LogP contribution < -0.4 is 0 Å². The summed E-state index contributed by atoms with van der Waals surface area (Å²) in [5.74, 6) is 1.31. The van der Waals surface area contributed by atoms with Crippen LogP contribution in [0.1, 0.15) is 25.8 Å². The van der Waals surface area contributed by atoms with Gasteiger partial charge < -0.3 is 4.74 Å². The zero-order valence-electron chi connectivity index (χ0n) is 11.2. The molecule has 0 radical (unpaired) electrons. The fourth-order valence-electron chi connectivity index (χ4n) is 1.80. The average molecular weight is 273 g/mol. The highest BCUT2D eigenvalue weighted by molar-refractivity contribution is 6.18. The maximum absolute atomic E-state index is 13.1. The normalized spacial score (nSPS) is 12.9. The van der Waals surface area contributed by atoms with Gasteiger partial charge in [-0.1, -0.05) is 26.0 Å². The third-order valence-corrected chi connectivity index (χ3v) is 3.19. The third kappa shape index (κ3) is 6.36. The van der Waals surface area contributed by atoms with E-state index in [9.17, 15) is 4.39 Å². The summed E-state index contributed by atoms with van der Waals surface area (Å²) in [6.07, 6.45) is 1.74. The Kier molecular flexibility index (Phi) is 7.29. The van der Waals surface area contributed by atoms with Gasteiger partial charge in [-0.3, -0.25) is 0 Å². The molecule has 18 heavy (non-hydrogen) atoms. The highest BCUT2D eigenvalue weighted by Gasteiger charge is 2.09. The van der Waals surface area contributed by atoms with Crippen LogP contribution in [0.5, 0.6) is 0 Å². The minimum absolute atomic E-state index is 0.183. The molecule has 0 aliphatic heterocycles. The Morgan fingerprint density at radius 2 is 2.11 bits per heavy atom. The van der Waals surface area contributed by atoms with E-state index < -0.39 is 0 Å². The molecule has 0 heterocycles. The van der Waals surface area contributed by atoms with E-state index in [4.69, 9.17) is 16.3 Å². The van der Waals surface area contributed by atoms with Crippen molar-refractivity contribution in [1.82, 2.24) is 0 Å². The summed E-state index contributed by atoms with van der Waals surface area (Å²) < 4.78 is 18.6. The number of ether oxygens (including phenoxy) is 1. The highest BCUT2D eigenvalue weighted by atomic mass is 35.5. The van der Waals surface area contributed by atoms with Gasteiger partial charge in [0.2, 0.25) is 0 Å². The van der Waals surface area contributed by atoms with Crippen molar-refractivity contribution in [3.8, 4) is 0 Å². The zero-order valence-corrected chi connectivity index (χ0v) is 11.9. The average Bonchev–Trinajstić information content (AvgIpc) is 2.33. The lowest BCUT2D eigenvalue weighted by Gasteiger charge is -2.14. The molecule has 0 aliphatic carbocycles. The van der Waals surface area contributed by atoms with Gasteiger partial charge in [-0.25, -0.2) is 4.39 Å². The molecular weight excluding hydrogens is 251 g/mol. The summed E-state index contributed by atoms with van der Waals surface area (Å²) >= 11 is 5.95. The van der Waals surface area contributed by atoms with Gasteiger partial charge >= 0.3 is 0 Å². The first-order valence-corrected chi connectivity index (χ1v) is 7.03. The van der Waals surface area contributed by atoms with Crippen molar-refractivity contribution in [3.63, 3.8) is 0 Å². The fraction of sp³-hybridized carbons (Fsp3) is 0.600. The minimum atomic E-state index is -0.183. The molecule has 1 aromatic carbocycles. The number of rotatable bonds is 8. The van der Waals surface area contributed by atoms with Crippen LogP contribution in [0.4, 0.5) is 4.39 Å². The van der Waals surface area contributed by atoms with Gasteiger partial charge in [0, 0.05) is 19.1 Å². The Labute approximate surface area is 114 Å². The molecule has 102 valence electrons. The van der Waals surface area contributed by atoms with Crippen molar-refractivity contribution in [2.45, 2.75) is 26.7 Å². The molecule has 0 saturated heterocycles. The smallest absolute Gasteiger partial charge is 0.123 e. The predicted molar refractivity (Wildman–Crippen MR) is 74.6 cm³/mol.